The largest absolute Gasteiger partial charge is 0.478 e. The Labute approximate surface area is 80.0 Å². The summed E-state index contributed by atoms with van der Waals surface area (Å²) in [4.78, 5) is 14.8. The molecular formula is C10H8N2O2. The van der Waals surface area contributed by atoms with Gasteiger partial charge in [-0.25, -0.2) is 4.79 Å². The number of nitrogens with two attached hydrogens (primary N) is 1. The fourth-order valence-corrected chi connectivity index (χ4v) is 1.40. The maximum Gasteiger partial charge on any atom is 0.336 e. The van der Waals surface area contributed by atoms with Gasteiger partial charge in [-0.2, -0.15) is 0 Å². The highest BCUT2D eigenvalue weighted by molar-refractivity contribution is 6.04. The summed E-state index contributed by atoms with van der Waals surface area (Å²) in [7, 11) is 0. The van der Waals surface area contributed by atoms with Crippen LogP contribution >= 0.6 is 0 Å². The molecule has 0 atom stereocenters. The van der Waals surface area contributed by atoms with E-state index in [1.807, 2.05) is 0 Å². The van der Waals surface area contributed by atoms with E-state index < -0.39 is 5.97 Å². The molecule has 4 nitrogen and oxygen atoms in total. The summed E-state index contributed by atoms with van der Waals surface area (Å²) >= 11 is 0. The van der Waals surface area contributed by atoms with Crippen LogP contribution in [-0.4, -0.2) is 16.1 Å². The molecule has 0 fully saturated rings. The summed E-state index contributed by atoms with van der Waals surface area (Å²) in [5, 5.41) is 10.3. The highest BCUT2D eigenvalue weighted by Gasteiger charge is 2.08. The molecular weight excluding hydrogens is 180 g/mol. The maximum atomic E-state index is 10.9. The van der Waals surface area contributed by atoms with Crippen molar-refractivity contribution in [2.24, 2.45) is 0 Å². The third-order valence-electron chi connectivity index (χ3n) is 2.01. The summed E-state index contributed by atoms with van der Waals surface area (Å²) in [6.07, 6.45) is 3.13. The first kappa shape index (κ1) is 8.50. The lowest BCUT2D eigenvalue weighted by Gasteiger charge is -2.03. The maximum absolute atomic E-state index is 10.9. The Kier molecular flexibility index (Phi) is 1.81. The van der Waals surface area contributed by atoms with E-state index >= 15 is 0 Å². The highest BCUT2D eigenvalue weighted by atomic mass is 16.4. The third kappa shape index (κ3) is 1.26. The molecule has 0 aliphatic heterocycles. The number of pyridine rings is 1. The summed E-state index contributed by atoms with van der Waals surface area (Å²) in [6, 6.07) is 4.90. The number of benzene rings is 1. The van der Waals surface area contributed by atoms with Gasteiger partial charge in [0.1, 0.15) is 0 Å². The van der Waals surface area contributed by atoms with Gasteiger partial charge in [0.2, 0.25) is 0 Å². The van der Waals surface area contributed by atoms with Crippen LogP contribution in [-0.2, 0) is 0 Å². The fourth-order valence-electron chi connectivity index (χ4n) is 1.40. The number of fused-ring (bicyclic) bond motifs is 1. The summed E-state index contributed by atoms with van der Waals surface area (Å²) in [5.74, 6) is -0.990. The van der Waals surface area contributed by atoms with Crippen molar-refractivity contribution in [3.8, 4) is 0 Å². The number of carboxylic acid groups (broad SMARTS) is 1. The van der Waals surface area contributed by atoms with Crippen LogP contribution in [0.5, 0.6) is 0 Å². The zero-order chi connectivity index (χ0) is 10.1. The van der Waals surface area contributed by atoms with E-state index in [1.54, 1.807) is 18.3 Å². The van der Waals surface area contributed by atoms with E-state index in [0.717, 1.165) is 5.39 Å². The van der Waals surface area contributed by atoms with Crippen LogP contribution in [0, 0.1) is 0 Å². The summed E-state index contributed by atoms with van der Waals surface area (Å²) in [6.45, 7) is 0. The molecule has 1 aromatic heterocycles. The van der Waals surface area contributed by atoms with Crippen LogP contribution in [0.1, 0.15) is 10.4 Å². The van der Waals surface area contributed by atoms with Gasteiger partial charge in [-0.3, -0.25) is 4.98 Å². The third-order valence-corrected chi connectivity index (χ3v) is 2.01. The van der Waals surface area contributed by atoms with Crippen molar-refractivity contribution in [2.45, 2.75) is 0 Å². The quantitative estimate of drug-likeness (QED) is 0.665. The number of aromatic nitrogens is 1. The Bertz CT molecular complexity index is 508. The number of hydrogen-bond donors (Lipinski definition) is 2. The van der Waals surface area contributed by atoms with Crippen LogP contribution in [0.25, 0.3) is 10.8 Å². The van der Waals surface area contributed by atoms with Gasteiger partial charge in [-0.05, 0) is 23.6 Å². The monoisotopic (exact) mass is 188 g/mol. The zero-order valence-electron chi connectivity index (χ0n) is 7.27. The van der Waals surface area contributed by atoms with E-state index in [0.29, 0.717) is 11.1 Å². The van der Waals surface area contributed by atoms with Crippen molar-refractivity contribution in [1.82, 2.24) is 4.98 Å². The van der Waals surface area contributed by atoms with Gasteiger partial charge >= 0.3 is 5.97 Å². The minimum Gasteiger partial charge on any atom is -0.478 e. The second-order valence-electron chi connectivity index (χ2n) is 2.97. The fraction of sp³-hybridized carbons (Fsp3) is 0. The van der Waals surface area contributed by atoms with E-state index in [9.17, 15) is 4.79 Å². The van der Waals surface area contributed by atoms with E-state index in [-0.39, 0.29) is 5.56 Å². The van der Waals surface area contributed by atoms with Crippen molar-refractivity contribution in [3.63, 3.8) is 0 Å². The molecule has 70 valence electrons. The molecule has 2 aromatic rings. The molecule has 0 saturated carbocycles. The molecule has 2 rings (SSSR count). The van der Waals surface area contributed by atoms with E-state index in [4.69, 9.17) is 10.8 Å². The van der Waals surface area contributed by atoms with Crippen LogP contribution < -0.4 is 5.73 Å². The second-order valence-corrected chi connectivity index (χ2v) is 2.97. The Morgan fingerprint density at radius 2 is 2.21 bits per heavy atom. The number of aromatic carboxylic acids is 1. The molecule has 0 radical (unpaired) electrons. The van der Waals surface area contributed by atoms with Gasteiger partial charge in [0.15, 0.2) is 0 Å². The summed E-state index contributed by atoms with van der Waals surface area (Å²) in [5.41, 5.74) is 6.21. The number of nitrogen functional groups attached to an aromatic ring is 1. The Morgan fingerprint density at radius 1 is 1.43 bits per heavy atom. The van der Waals surface area contributed by atoms with Crippen LogP contribution in [0.3, 0.4) is 0 Å². The highest BCUT2D eigenvalue weighted by Crippen LogP contribution is 2.21. The Balaban J connectivity index is 2.87. The zero-order valence-corrected chi connectivity index (χ0v) is 7.27. The molecule has 0 amide bonds. The average Bonchev–Trinajstić information content (AvgIpc) is 2.16. The molecule has 0 aliphatic rings. The predicted molar refractivity (Wildman–Crippen MR) is 53.1 cm³/mol. The first-order valence-electron chi connectivity index (χ1n) is 4.05. The van der Waals surface area contributed by atoms with Crippen molar-refractivity contribution < 1.29 is 9.90 Å². The minimum atomic E-state index is -0.990. The number of anilines is 1. The molecule has 0 unspecified atom stereocenters. The van der Waals surface area contributed by atoms with Crippen LogP contribution in [0.4, 0.5) is 5.69 Å². The topological polar surface area (TPSA) is 76.2 Å². The van der Waals surface area contributed by atoms with Gasteiger partial charge < -0.3 is 10.8 Å². The molecule has 0 saturated heterocycles. The smallest absolute Gasteiger partial charge is 0.336 e. The Hall–Kier alpha value is -2.10. The van der Waals surface area contributed by atoms with E-state index in [2.05, 4.69) is 4.98 Å². The van der Waals surface area contributed by atoms with Crippen molar-refractivity contribution in [1.29, 1.82) is 0 Å². The van der Waals surface area contributed by atoms with Gasteiger partial charge in [-0.1, -0.05) is 0 Å². The van der Waals surface area contributed by atoms with Gasteiger partial charge in [0, 0.05) is 23.5 Å². The molecule has 0 bridgehead atoms. The van der Waals surface area contributed by atoms with Gasteiger partial charge in [0.05, 0.1) is 5.56 Å². The van der Waals surface area contributed by atoms with Gasteiger partial charge in [0.25, 0.3) is 0 Å². The lowest BCUT2D eigenvalue weighted by Crippen LogP contribution is -1.99. The van der Waals surface area contributed by atoms with Crippen molar-refractivity contribution in [3.05, 3.63) is 36.2 Å². The van der Waals surface area contributed by atoms with E-state index in [1.165, 1.54) is 12.3 Å². The second kappa shape index (κ2) is 2.99. The SMILES string of the molecule is Nc1cc(C(=O)O)c2cnccc2c1. The van der Waals surface area contributed by atoms with Crippen LogP contribution in [0.2, 0.25) is 0 Å². The van der Waals surface area contributed by atoms with Crippen molar-refractivity contribution in [2.75, 3.05) is 5.73 Å². The minimum absolute atomic E-state index is 0.188. The van der Waals surface area contributed by atoms with Crippen LogP contribution in [0.15, 0.2) is 30.6 Å². The normalized spacial score (nSPS) is 10.3. The summed E-state index contributed by atoms with van der Waals surface area (Å²) < 4.78 is 0. The number of nitrogens with zero attached hydrogens (tertiary/aromatic N) is 1. The Morgan fingerprint density at radius 3 is 2.93 bits per heavy atom. The average molecular weight is 188 g/mol. The molecule has 1 heterocycles. The number of hydrogen-bond acceptors (Lipinski definition) is 3. The van der Waals surface area contributed by atoms with Gasteiger partial charge in [-0.15, -0.1) is 0 Å². The molecule has 0 aliphatic carbocycles. The standard InChI is InChI=1S/C10H8N2O2/c11-7-3-6-1-2-12-5-9(6)8(4-7)10(13)14/h1-5H,11H2,(H,13,14). The number of carboxylic acids is 1. The molecule has 1 aromatic carbocycles. The number of carbonyl (C=O) groups is 1. The molecule has 14 heavy (non-hydrogen) atoms. The lowest BCUT2D eigenvalue weighted by atomic mass is 10.1. The molecule has 4 heteroatoms. The first-order valence-corrected chi connectivity index (χ1v) is 4.05. The first-order chi connectivity index (χ1) is 6.68. The van der Waals surface area contributed by atoms with Crippen molar-refractivity contribution >= 4 is 22.4 Å². The predicted octanol–water partition coefficient (Wildman–Crippen LogP) is 1.52. The lowest BCUT2D eigenvalue weighted by molar-refractivity contribution is 0.0699. The molecule has 0 spiro atoms. The number of rotatable bonds is 1. The molecule has 3 N–H and O–H groups in total.